The van der Waals surface area contributed by atoms with Crippen LogP contribution in [0.2, 0.25) is 0 Å². The third-order valence-corrected chi connectivity index (χ3v) is 8.14. The Labute approximate surface area is 249 Å². The molecule has 0 aromatic rings. The Bertz CT molecular complexity index is 898. The smallest absolute Gasteiger partial charge is 0.187 e. The summed E-state index contributed by atoms with van der Waals surface area (Å²) in [4.78, 5) is 0. The van der Waals surface area contributed by atoms with Crippen molar-refractivity contribution in [2.45, 2.75) is 130 Å². The highest BCUT2D eigenvalue weighted by Crippen LogP contribution is 2.32. The van der Waals surface area contributed by atoms with Crippen molar-refractivity contribution < 1.29 is 99.5 Å². The van der Waals surface area contributed by atoms with Crippen LogP contribution >= 0.6 is 0 Å². The molecule has 0 bridgehead atoms. The molecular weight excluding hydrogens is 608 g/mol. The first-order valence-corrected chi connectivity index (χ1v) is 14.0. The Kier molecular flexibility index (Phi) is 12.3. The molecule has 4 fully saturated rings. The maximum atomic E-state index is 10.9. The topological polar surface area (TPSA) is 328 Å². The van der Waals surface area contributed by atoms with Crippen molar-refractivity contribution >= 4 is 0 Å². The highest BCUT2D eigenvalue weighted by atomic mass is 16.8. The average molecular weight is 651 g/mol. The van der Waals surface area contributed by atoms with Gasteiger partial charge in [0.25, 0.3) is 0 Å². The molecule has 20 heteroatoms. The quantitative estimate of drug-likeness (QED) is 0.110. The summed E-state index contributed by atoms with van der Waals surface area (Å²) < 4.78 is 37.7. The molecule has 20 nitrogen and oxygen atoms in total. The molecule has 0 saturated carbocycles. The van der Waals surface area contributed by atoms with Crippen LogP contribution in [0, 0.1) is 0 Å². The van der Waals surface area contributed by atoms with E-state index in [2.05, 4.69) is 0 Å². The lowest BCUT2D eigenvalue weighted by atomic mass is 9.96. The Morgan fingerprint density at radius 3 is 1.50 bits per heavy atom. The van der Waals surface area contributed by atoms with E-state index in [-0.39, 0.29) is 0 Å². The van der Waals surface area contributed by atoms with Gasteiger partial charge in [0.1, 0.15) is 91.6 Å². The van der Waals surface area contributed by atoms with E-state index in [1.165, 1.54) is 6.92 Å². The van der Waals surface area contributed by atoms with Crippen LogP contribution in [-0.2, 0) is 33.2 Å². The first-order chi connectivity index (χ1) is 20.7. The largest absolute Gasteiger partial charge is 0.394 e. The van der Waals surface area contributed by atoms with Gasteiger partial charge in [-0.2, -0.15) is 0 Å². The molecule has 0 aromatic carbocycles. The molecule has 0 radical (unpaired) electrons. The Morgan fingerprint density at radius 2 is 0.932 bits per heavy atom. The van der Waals surface area contributed by atoms with E-state index in [0.717, 1.165) is 0 Å². The first kappa shape index (κ1) is 36.0. The number of hydrogen-bond acceptors (Lipinski definition) is 20. The molecule has 4 aliphatic heterocycles. The monoisotopic (exact) mass is 650 g/mol. The number of ether oxygens (including phenoxy) is 7. The van der Waals surface area contributed by atoms with Gasteiger partial charge < -0.3 is 99.5 Å². The number of aliphatic hydroxyl groups excluding tert-OH is 13. The summed E-state index contributed by atoms with van der Waals surface area (Å²) in [5, 5.41) is 132. The fraction of sp³-hybridized carbons (Fsp3) is 1.00. The lowest BCUT2D eigenvalue weighted by Crippen LogP contribution is -2.66. The van der Waals surface area contributed by atoms with E-state index in [1.807, 2.05) is 0 Å². The maximum absolute atomic E-state index is 10.9. The van der Waals surface area contributed by atoms with Crippen molar-refractivity contribution in [3.63, 3.8) is 0 Å². The number of hydrogen-bond donors (Lipinski definition) is 13. The van der Waals surface area contributed by atoms with Crippen molar-refractivity contribution in [2.75, 3.05) is 19.8 Å². The van der Waals surface area contributed by atoms with Crippen LogP contribution < -0.4 is 0 Å². The maximum Gasteiger partial charge on any atom is 0.187 e. The SMILES string of the molecule is C[C@@H]1O[C@H](O[C@@H]2[C@@H](O)[C@H](O)O[C@H](CO[C@H]3O[C@H](CO)[C@@H](O)[C@H](O)[C@H]3O)[C@@H]2O)[C@H](O)[C@H](O)[C@H]1O[C@@H]1O[C@H](CO)[C@@H](O)[C@H](O)[C@H]1O. The number of aliphatic hydroxyl groups is 13. The van der Waals surface area contributed by atoms with Crippen LogP contribution in [0.5, 0.6) is 0 Å². The molecule has 258 valence electrons. The van der Waals surface area contributed by atoms with E-state index in [9.17, 15) is 66.4 Å². The van der Waals surface area contributed by atoms with Crippen LogP contribution in [0.4, 0.5) is 0 Å². The van der Waals surface area contributed by atoms with E-state index >= 15 is 0 Å². The second kappa shape index (κ2) is 15.0. The average Bonchev–Trinajstić information content (AvgIpc) is 3.00. The minimum Gasteiger partial charge on any atom is -0.394 e. The van der Waals surface area contributed by atoms with Crippen LogP contribution in [-0.4, -0.2) is 209 Å². The van der Waals surface area contributed by atoms with Gasteiger partial charge in [-0.1, -0.05) is 0 Å². The van der Waals surface area contributed by atoms with Crippen LogP contribution in [0.25, 0.3) is 0 Å². The number of rotatable bonds is 9. The summed E-state index contributed by atoms with van der Waals surface area (Å²) >= 11 is 0. The molecule has 4 aliphatic rings. The molecule has 0 amide bonds. The minimum atomic E-state index is -1.97. The van der Waals surface area contributed by atoms with Crippen molar-refractivity contribution in [3.8, 4) is 0 Å². The molecule has 4 heterocycles. The zero-order valence-electron chi connectivity index (χ0n) is 23.3. The summed E-state index contributed by atoms with van der Waals surface area (Å²) in [6, 6.07) is 0. The van der Waals surface area contributed by atoms with Gasteiger partial charge in [0.2, 0.25) is 0 Å². The van der Waals surface area contributed by atoms with E-state index in [4.69, 9.17) is 33.2 Å². The van der Waals surface area contributed by atoms with Gasteiger partial charge in [-0.25, -0.2) is 0 Å². The zero-order chi connectivity index (χ0) is 32.6. The highest BCUT2D eigenvalue weighted by Gasteiger charge is 2.53. The lowest BCUT2D eigenvalue weighted by molar-refractivity contribution is -0.376. The molecule has 44 heavy (non-hydrogen) atoms. The van der Waals surface area contributed by atoms with Gasteiger partial charge >= 0.3 is 0 Å². The first-order valence-electron chi connectivity index (χ1n) is 14.0. The lowest BCUT2D eigenvalue weighted by Gasteiger charge is -2.47. The highest BCUT2D eigenvalue weighted by molar-refractivity contribution is 4.96. The van der Waals surface area contributed by atoms with Gasteiger partial charge in [0.05, 0.1) is 25.9 Å². The summed E-state index contributed by atoms with van der Waals surface area (Å²) in [6.45, 7) is -0.742. The van der Waals surface area contributed by atoms with E-state index < -0.39 is 143 Å². The third kappa shape index (κ3) is 7.19. The second-order valence-electron chi connectivity index (χ2n) is 11.2. The van der Waals surface area contributed by atoms with Crippen molar-refractivity contribution in [1.29, 1.82) is 0 Å². The summed E-state index contributed by atoms with van der Waals surface area (Å²) in [5.41, 5.74) is 0. The second-order valence-corrected chi connectivity index (χ2v) is 11.2. The van der Waals surface area contributed by atoms with Gasteiger partial charge in [-0.05, 0) is 6.92 Å². The van der Waals surface area contributed by atoms with Gasteiger partial charge in [-0.15, -0.1) is 0 Å². The molecule has 0 aliphatic carbocycles. The minimum absolute atomic E-state index is 0.643. The van der Waals surface area contributed by atoms with E-state index in [0.29, 0.717) is 0 Å². The van der Waals surface area contributed by atoms with Crippen molar-refractivity contribution in [3.05, 3.63) is 0 Å². The molecular formula is C24H42O20. The van der Waals surface area contributed by atoms with Gasteiger partial charge in [0.15, 0.2) is 25.2 Å². The predicted octanol–water partition coefficient (Wildman–Crippen LogP) is -8.72. The van der Waals surface area contributed by atoms with E-state index in [1.54, 1.807) is 0 Å². The normalized spacial score (nSPS) is 53.9. The molecule has 0 aromatic heterocycles. The standard InChI is InChI=1S/C24H42O20/c1-5-19(43-24-16(34)13(31)10(28)7(3-26)42-24)14(32)17(35)23(39-5)44-20-11(29)8(40-21(37)18(20)36)4-38-22-15(33)12(30)9(27)6(2-25)41-22/h5-37H,2-4H2,1H3/t5-,6+,7+,8+,9+,10+,11-,12-,13-,14-,15+,16+,17+,18+,19-,20-,21+,22-,23+,24-/m0/s1. The summed E-state index contributed by atoms with van der Waals surface area (Å²) in [5.74, 6) is 0. The molecule has 20 atom stereocenters. The van der Waals surface area contributed by atoms with Crippen LogP contribution in [0.1, 0.15) is 6.92 Å². The van der Waals surface area contributed by atoms with Gasteiger partial charge in [0, 0.05) is 0 Å². The van der Waals surface area contributed by atoms with Crippen LogP contribution in [0.15, 0.2) is 0 Å². The fourth-order valence-corrected chi connectivity index (χ4v) is 5.41. The molecule has 0 spiro atoms. The molecule has 13 N–H and O–H groups in total. The van der Waals surface area contributed by atoms with Gasteiger partial charge in [-0.3, -0.25) is 0 Å². The fourth-order valence-electron chi connectivity index (χ4n) is 5.41. The van der Waals surface area contributed by atoms with Crippen molar-refractivity contribution in [2.24, 2.45) is 0 Å². The molecule has 4 saturated heterocycles. The summed E-state index contributed by atoms with van der Waals surface area (Å²) in [7, 11) is 0. The molecule has 0 unspecified atom stereocenters. The Morgan fingerprint density at radius 1 is 0.455 bits per heavy atom. The summed E-state index contributed by atoms with van der Waals surface area (Å²) in [6.07, 6.45) is -33.3. The van der Waals surface area contributed by atoms with Crippen LogP contribution in [0.3, 0.4) is 0 Å². The molecule has 4 rings (SSSR count). The van der Waals surface area contributed by atoms with Crippen molar-refractivity contribution in [1.82, 2.24) is 0 Å². The Hall–Kier alpha value is -0.800. The predicted molar refractivity (Wildman–Crippen MR) is 132 cm³/mol. The Balaban J connectivity index is 1.38. The third-order valence-electron chi connectivity index (χ3n) is 8.14. The zero-order valence-corrected chi connectivity index (χ0v) is 23.3.